The van der Waals surface area contributed by atoms with Crippen molar-refractivity contribution >= 4 is 34.8 Å². The number of rotatable bonds is 4. The van der Waals surface area contributed by atoms with Crippen molar-refractivity contribution in [3.05, 3.63) is 52.0 Å². The molecule has 6 heteroatoms. The summed E-state index contributed by atoms with van der Waals surface area (Å²) in [5.41, 5.74) is 0.843. The fourth-order valence-electron chi connectivity index (χ4n) is 1.84. The Hall–Kier alpha value is -1.91. The molecule has 1 amide bonds. The van der Waals surface area contributed by atoms with Gasteiger partial charge < -0.3 is 14.8 Å². The van der Waals surface area contributed by atoms with Crippen LogP contribution in [0.3, 0.4) is 0 Å². The van der Waals surface area contributed by atoms with Crippen molar-refractivity contribution in [3.8, 4) is 11.5 Å². The number of carbonyl (C=O) groups excluding carboxylic acids is 1. The van der Waals surface area contributed by atoms with Crippen LogP contribution in [-0.4, -0.2) is 20.1 Å². The lowest BCUT2D eigenvalue weighted by atomic mass is 10.1. The average molecular weight is 326 g/mol. The summed E-state index contributed by atoms with van der Waals surface area (Å²) in [5.74, 6) is 0.488. The number of methoxy groups -OCH3 is 2. The Bertz CT molecular complexity index is 652. The topological polar surface area (TPSA) is 47.6 Å². The average Bonchev–Trinajstić information content (AvgIpc) is 2.49. The first kappa shape index (κ1) is 15.5. The first-order chi connectivity index (χ1) is 10.1. The Kier molecular flexibility index (Phi) is 4.94. The van der Waals surface area contributed by atoms with Gasteiger partial charge in [-0.05, 0) is 30.3 Å². The second-order valence-electron chi connectivity index (χ2n) is 4.12. The normalized spacial score (nSPS) is 10.1. The van der Waals surface area contributed by atoms with Crippen LogP contribution in [0.15, 0.2) is 36.4 Å². The molecule has 0 heterocycles. The van der Waals surface area contributed by atoms with Crippen LogP contribution in [0.25, 0.3) is 0 Å². The summed E-state index contributed by atoms with van der Waals surface area (Å²) in [5, 5.41) is 3.52. The van der Waals surface area contributed by atoms with Gasteiger partial charge in [-0.1, -0.05) is 29.3 Å². The number of hydrogen-bond acceptors (Lipinski definition) is 3. The molecule has 0 aliphatic heterocycles. The monoisotopic (exact) mass is 325 g/mol. The number of halogens is 2. The summed E-state index contributed by atoms with van der Waals surface area (Å²) >= 11 is 11.8. The third-order valence-corrected chi connectivity index (χ3v) is 3.57. The smallest absolute Gasteiger partial charge is 0.263 e. The zero-order valence-corrected chi connectivity index (χ0v) is 13.0. The molecule has 4 nitrogen and oxygen atoms in total. The van der Waals surface area contributed by atoms with E-state index < -0.39 is 0 Å². The lowest BCUT2D eigenvalue weighted by Crippen LogP contribution is -2.14. The van der Waals surface area contributed by atoms with Crippen LogP contribution in [0.4, 0.5) is 5.69 Å². The van der Waals surface area contributed by atoms with E-state index in [1.54, 1.807) is 36.4 Å². The van der Waals surface area contributed by atoms with Gasteiger partial charge in [0.05, 0.1) is 24.3 Å². The van der Waals surface area contributed by atoms with E-state index in [1.165, 1.54) is 14.2 Å². The SMILES string of the molecule is COc1cccc(OC)c1C(=O)Nc1ccc(Cl)c(Cl)c1. The van der Waals surface area contributed by atoms with E-state index in [0.717, 1.165) is 0 Å². The van der Waals surface area contributed by atoms with E-state index >= 15 is 0 Å². The predicted molar refractivity (Wildman–Crippen MR) is 84.0 cm³/mol. The van der Waals surface area contributed by atoms with Gasteiger partial charge in [0.2, 0.25) is 0 Å². The lowest BCUT2D eigenvalue weighted by molar-refractivity contribution is 0.102. The first-order valence-corrected chi connectivity index (χ1v) is 6.79. The minimum Gasteiger partial charge on any atom is -0.496 e. The van der Waals surface area contributed by atoms with Crippen molar-refractivity contribution in [2.75, 3.05) is 19.5 Å². The quantitative estimate of drug-likeness (QED) is 0.913. The minimum atomic E-state index is -0.359. The summed E-state index contributed by atoms with van der Waals surface area (Å²) in [6.45, 7) is 0. The summed E-state index contributed by atoms with van der Waals surface area (Å²) in [7, 11) is 2.98. The molecule has 0 radical (unpaired) electrons. The number of amides is 1. The number of nitrogens with one attached hydrogen (secondary N) is 1. The van der Waals surface area contributed by atoms with E-state index in [2.05, 4.69) is 5.32 Å². The highest BCUT2D eigenvalue weighted by atomic mass is 35.5. The maximum absolute atomic E-state index is 12.4. The zero-order chi connectivity index (χ0) is 15.4. The lowest BCUT2D eigenvalue weighted by Gasteiger charge is -2.13. The molecule has 0 aromatic heterocycles. The Morgan fingerprint density at radius 2 is 1.62 bits per heavy atom. The molecule has 1 N–H and O–H groups in total. The maximum atomic E-state index is 12.4. The second-order valence-corrected chi connectivity index (χ2v) is 4.93. The van der Waals surface area contributed by atoms with Gasteiger partial charge in [-0.15, -0.1) is 0 Å². The van der Waals surface area contributed by atoms with Gasteiger partial charge in [0.25, 0.3) is 5.91 Å². The molecule has 2 aromatic rings. The molecule has 0 aliphatic carbocycles. The molecule has 0 saturated heterocycles. The third kappa shape index (κ3) is 3.40. The van der Waals surface area contributed by atoms with E-state index in [0.29, 0.717) is 32.8 Å². The molecule has 0 atom stereocenters. The van der Waals surface area contributed by atoms with E-state index in [9.17, 15) is 4.79 Å². The summed E-state index contributed by atoms with van der Waals surface area (Å²) in [6, 6.07) is 9.96. The molecule has 21 heavy (non-hydrogen) atoms. The van der Waals surface area contributed by atoms with Gasteiger partial charge >= 0.3 is 0 Å². The highest BCUT2D eigenvalue weighted by Gasteiger charge is 2.18. The predicted octanol–water partition coefficient (Wildman–Crippen LogP) is 4.26. The third-order valence-electron chi connectivity index (χ3n) is 2.83. The van der Waals surface area contributed by atoms with Crippen molar-refractivity contribution in [2.45, 2.75) is 0 Å². The van der Waals surface area contributed by atoms with Crippen LogP contribution in [0, 0.1) is 0 Å². The fourth-order valence-corrected chi connectivity index (χ4v) is 2.14. The summed E-state index contributed by atoms with van der Waals surface area (Å²) in [4.78, 5) is 12.4. The van der Waals surface area contributed by atoms with Crippen LogP contribution in [0.2, 0.25) is 10.0 Å². The van der Waals surface area contributed by atoms with E-state index in [-0.39, 0.29) is 5.91 Å². The Balaban J connectivity index is 2.34. The second kappa shape index (κ2) is 6.70. The van der Waals surface area contributed by atoms with Crippen molar-refractivity contribution in [3.63, 3.8) is 0 Å². The molecule has 2 rings (SSSR count). The first-order valence-electron chi connectivity index (χ1n) is 6.04. The van der Waals surface area contributed by atoms with Gasteiger partial charge in [0.1, 0.15) is 17.1 Å². The minimum absolute atomic E-state index is 0.313. The van der Waals surface area contributed by atoms with Gasteiger partial charge in [0.15, 0.2) is 0 Å². The largest absolute Gasteiger partial charge is 0.496 e. The van der Waals surface area contributed by atoms with Crippen molar-refractivity contribution in [1.29, 1.82) is 0 Å². The number of anilines is 1. The number of ether oxygens (including phenoxy) is 2. The highest BCUT2D eigenvalue weighted by molar-refractivity contribution is 6.42. The Labute approximate surface area is 132 Å². The standard InChI is InChI=1S/C15H13Cl2NO3/c1-20-12-4-3-5-13(21-2)14(12)15(19)18-9-6-7-10(16)11(17)8-9/h3-8H,1-2H3,(H,18,19). The number of carbonyl (C=O) groups is 1. The van der Waals surface area contributed by atoms with E-state index in [1.807, 2.05) is 0 Å². The van der Waals surface area contributed by atoms with Gasteiger partial charge in [-0.3, -0.25) is 4.79 Å². The van der Waals surface area contributed by atoms with Crippen molar-refractivity contribution in [2.24, 2.45) is 0 Å². The van der Waals surface area contributed by atoms with Crippen LogP contribution >= 0.6 is 23.2 Å². The molecule has 110 valence electrons. The van der Waals surface area contributed by atoms with Crippen LogP contribution in [0.5, 0.6) is 11.5 Å². The number of hydrogen-bond donors (Lipinski definition) is 1. The van der Waals surface area contributed by atoms with Gasteiger partial charge in [-0.2, -0.15) is 0 Å². The van der Waals surface area contributed by atoms with E-state index in [4.69, 9.17) is 32.7 Å². The summed E-state index contributed by atoms with van der Waals surface area (Å²) < 4.78 is 10.4. The molecule has 0 spiro atoms. The Morgan fingerprint density at radius 1 is 1.00 bits per heavy atom. The molecule has 0 saturated carbocycles. The molecule has 2 aromatic carbocycles. The Morgan fingerprint density at radius 3 is 2.14 bits per heavy atom. The molecule has 0 bridgehead atoms. The molecule has 0 unspecified atom stereocenters. The number of benzene rings is 2. The van der Waals surface area contributed by atoms with Crippen LogP contribution in [0.1, 0.15) is 10.4 Å². The fraction of sp³-hybridized carbons (Fsp3) is 0.133. The molecule has 0 aliphatic rings. The van der Waals surface area contributed by atoms with Gasteiger partial charge in [0, 0.05) is 5.69 Å². The molecular weight excluding hydrogens is 313 g/mol. The molecular formula is C15H13Cl2NO3. The van der Waals surface area contributed by atoms with Crippen LogP contribution in [-0.2, 0) is 0 Å². The van der Waals surface area contributed by atoms with Crippen molar-refractivity contribution in [1.82, 2.24) is 0 Å². The summed E-state index contributed by atoms with van der Waals surface area (Å²) in [6.07, 6.45) is 0. The van der Waals surface area contributed by atoms with Crippen LogP contribution < -0.4 is 14.8 Å². The highest BCUT2D eigenvalue weighted by Crippen LogP contribution is 2.30. The van der Waals surface area contributed by atoms with Gasteiger partial charge in [-0.25, -0.2) is 0 Å². The van der Waals surface area contributed by atoms with Crippen molar-refractivity contribution < 1.29 is 14.3 Å². The zero-order valence-electron chi connectivity index (χ0n) is 11.4. The molecule has 0 fully saturated rings. The maximum Gasteiger partial charge on any atom is 0.263 e.